The second-order valence-corrected chi connectivity index (χ2v) is 3.35. The molecule has 0 aromatic heterocycles. The van der Waals surface area contributed by atoms with Crippen molar-refractivity contribution in [1.29, 1.82) is 0 Å². The Morgan fingerprint density at radius 1 is 1.43 bits per heavy atom. The molecule has 0 amide bonds. The Morgan fingerprint density at radius 2 is 2.00 bits per heavy atom. The van der Waals surface area contributed by atoms with Crippen LogP contribution in [0.4, 0.5) is 5.69 Å². The molecule has 0 spiro atoms. The van der Waals surface area contributed by atoms with Crippen LogP contribution in [0.1, 0.15) is 5.56 Å². The topological polar surface area (TPSA) is 83.3 Å². The summed E-state index contributed by atoms with van der Waals surface area (Å²) >= 11 is -2.42. The number of benzene rings is 1. The monoisotopic (exact) mass is 223 g/mol. The molecule has 14 heavy (non-hydrogen) atoms. The Kier molecular flexibility index (Phi) is 5.46. The van der Waals surface area contributed by atoms with Gasteiger partial charge in [0.1, 0.15) is 0 Å². The number of aryl methyl sites for hydroxylation is 1. The molecular formula is C7H6NNaO4S. The van der Waals surface area contributed by atoms with Crippen LogP contribution >= 0.6 is 0 Å². The van der Waals surface area contributed by atoms with Gasteiger partial charge < -0.3 is 4.55 Å². The Morgan fingerprint density at radius 3 is 2.43 bits per heavy atom. The van der Waals surface area contributed by atoms with Crippen LogP contribution in [0.25, 0.3) is 0 Å². The smallest absolute Gasteiger partial charge is 0.768 e. The zero-order chi connectivity index (χ0) is 10.0. The minimum atomic E-state index is -2.42. The summed E-state index contributed by atoms with van der Waals surface area (Å²) in [5, 5.41) is 10.3. The molecule has 1 atom stereocenters. The van der Waals surface area contributed by atoms with Crippen LogP contribution in [0.15, 0.2) is 23.1 Å². The molecule has 1 aromatic carbocycles. The van der Waals surface area contributed by atoms with E-state index in [1.165, 1.54) is 12.1 Å². The third kappa shape index (κ3) is 3.14. The summed E-state index contributed by atoms with van der Waals surface area (Å²) in [5.41, 5.74) is 0.281. The molecule has 1 unspecified atom stereocenters. The third-order valence-electron chi connectivity index (χ3n) is 1.56. The molecule has 0 heterocycles. The first-order valence-electron chi connectivity index (χ1n) is 3.36. The molecule has 0 bridgehead atoms. The van der Waals surface area contributed by atoms with Crippen molar-refractivity contribution in [2.75, 3.05) is 0 Å². The molecule has 0 aliphatic rings. The van der Waals surface area contributed by atoms with Gasteiger partial charge in [0.15, 0.2) is 0 Å². The van der Waals surface area contributed by atoms with E-state index in [1.807, 2.05) is 0 Å². The number of hydrogen-bond donors (Lipinski definition) is 0. The maximum absolute atomic E-state index is 10.6. The molecule has 0 saturated heterocycles. The summed E-state index contributed by atoms with van der Waals surface area (Å²) in [4.78, 5) is 9.63. The van der Waals surface area contributed by atoms with Crippen molar-refractivity contribution in [1.82, 2.24) is 0 Å². The van der Waals surface area contributed by atoms with Crippen LogP contribution in [0.3, 0.4) is 0 Å². The van der Waals surface area contributed by atoms with E-state index in [9.17, 15) is 18.9 Å². The minimum Gasteiger partial charge on any atom is -0.768 e. The number of hydrogen-bond acceptors (Lipinski definition) is 4. The van der Waals surface area contributed by atoms with Crippen LogP contribution in [0.2, 0.25) is 0 Å². The largest absolute Gasteiger partial charge is 1.00 e. The van der Waals surface area contributed by atoms with Gasteiger partial charge in [-0.15, -0.1) is 0 Å². The zero-order valence-electron chi connectivity index (χ0n) is 7.72. The van der Waals surface area contributed by atoms with E-state index in [4.69, 9.17) is 0 Å². The van der Waals surface area contributed by atoms with Gasteiger partial charge in [-0.3, -0.25) is 14.3 Å². The Bertz CT molecular complexity index is 382. The molecule has 0 radical (unpaired) electrons. The van der Waals surface area contributed by atoms with Gasteiger partial charge in [-0.1, -0.05) is 6.07 Å². The van der Waals surface area contributed by atoms with E-state index in [0.717, 1.165) is 6.07 Å². The molecule has 1 aromatic rings. The van der Waals surface area contributed by atoms with Crippen molar-refractivity contribution in [3.63, 3.8) is 0 Å². The molecule has 0 fully saturated rings. The van der Waals surface area contributed by atoms with Crippen molar-refractivity contribution in [3.05, 3.63) is 33.9 Å². The summed E-state index contributed by atoms with van der Waals surface area (Å²) < 4.78 is 21.1. The van der Waals surface area contributed by atoms with Gasteiger partial charge in [0.25, 0.3) is 5.69 Å². The van der Waals surface area contributed by atoms with E-state index < -0.39 is 16.0 Å². The molecule has 0 N–H and O–H groups in total. The van der Waals surface area contributed by atoms with E-state index in [0.29, 0.717) is 5.56 Å². The molecular weight excluding hydrogens is 217 g/mol. The number of non-ortho nitro benzene ring substituents is 1. The maximum atomic E-state index is 10.6. The van der Waals surface area contributed by atoms with Gasteiger partial charge in [0.05, 0.1) is 4.92 Å². The van der Waals surface area contributed by atoms with Crippen LogP contribution in [0, 0.1) is 17.0 Å². The fraction of sp³-hybridized carbons (Fsp3) is 0.143. The van der Waals surface area contributed by atoms with Crippen LogP contribution < -0.4 is 29.6 Å². The SMILES string of the molecule is Cc1ccc([N+](=O)[O-])cc1S(=O)[O-].[Na+]. The summed E-state index contributed by atoms with van der Waals surface area (Å²) in [6, 6.07) is 3.72. The first kappa shape index (κ1) is 13.7. The number of nitro benzene ring substituents is 1. The van der Waals surface area contributed by atoms with Gasteiger partial charge in [-0.2, -0.15) is 0 Å². The quantitative estimate of drug-likeness (QED) is 0.255. The molecule has 0 aliphatic heterocycles. The van der Waals surface area contributed by atoms with Gasteiger partial charge in [0, 0.05) is 17.0 Å². The predicted octanol–water partition coefficient (Wildman–Crippen LogP) is -1.85. The Balaban J connectivity index is 0.00000169. The molecule has 7 heteroatoms. The normalized spacial score (nSPS) is 11.6. The molecule has 70 valence electrons. The standard InChI is InChI=1S/C7H7NO4S.Na/c1-5-2-3-6(8(9)10)4-7(5)13(11)12;/h2-4H,1H3,(H,11,12);/q;+1/p-1. The van der Waals surface area contributed by atoms with Crippen LogP contribution in [-0.2, 0) is 11.1 Å². The van der Waals surface area contributed by atoms with E-state index in [-0.39, 0.29) is 40.1 Å². The fourth-order valence-electron chi connectivity index (χ4n) is 0.882. The number of rotatable bonds is 2. The molecule has 1 rings (SSSR count). The number of nitrogens with zero attached hydrogens (tertiary/aromatic N) is 1. The van der Waals surface area contributed by atoms with Crippen LogP contribution in [-0.4, -0.2) is 13.7 Å². The first-order chi connectivity index (χ1) is 6.02. The summed E-state index contributed by atoms with van der Waals surface area (Å²) in [6.07, 6.45) is 0. The van der Waals surface area contributed by atoms with E-state index >= 15 is 0 Å². The van der Waals surface area contributed by atoms with Crippen molar-refractivity contribution < 1.29 is 43.2 Å². The van der Waals surface area contributed by atoms with Crippen molar-refractivity contribution in [2.45, 2.75) is 11.8 Å². The average molecular weight is 223 g/mol. The Labute approximate surface area is 105 Å². The predicted molar refractivity (Wildman–Crippen MR) is 45.0 cm³/mol. The zero-order valence-corrected chi connectivity index (χ0v) is 10.5. The molecule has 0 saturated carbocycles. The second-order valence-electron chi connectivity index (χ2n) is 2.44. The fourth-order valence-corrected chi connectivity index (χ4v) is 1.43. The summed E-state index contributed by atoms with van der Waals surface area (Å²) in [6.45, 7) is 1.58. The van der Waals surface area contributed by atoms with Crippen molar-refractivity contribution >= 4 is 16.8 Å². The first-order valence-corrected chi connectivity index (χ1v) is 4.44. The molecule has 0 aliphatic carbocycles. The van der Waals surface area contributed by atoms with Crippen molar-refractivity contribution in [3.8, 4) is 0 Å². The van der Waals surface area contributed by atoms with Gasteiger partial charge >= 0.3 is 29.6 Å². The second kappa shape index (κ2) is 5.57. The third-order valence-corrected chi connectivity index (χ3v) is 2.36. The molecule has 5 nitrogen and oxygen atoms in total. The van der Waals surface area contributed by atoms with E-state index in [1.54, 1.807) is 6.92 Å². The maximum Gasteiger partial charge on any atom is 1.00 e. The average Bonchev–Trinajstić information content (AvgIpc) is 2.04. The van der Waals surface area contributed by atoms with E-state index in [2.05, 4.69) is 0 Å². The van der Waals surface area contributed by atoms with Gasteiger partial charge in [-0.25, -0.2) is 0 Å². The number of nitro groups is 1. The Hall–Kier alpha value is -0.270. The summed E-state index contributed by atoms with van der Waals surface area (Å²) in [5.74, 6) is 0. The van der Waals surface area contributed by atoms with Gasteiger partial charge in [0.2, 0.25) is 0 Å². The minimum absolute atomic E-state index is 0. The summed E-state index contributed by atoms with van der Waals surface area (Å²) in [7, 11) is 0. The van der Waals surface area contributed by atoms with Gasteiger partial charge in [-0.05, 0) is 23.6 Å². The van der Waals surface area contributed by atoms with Crippen LogP contribution in [0.5, 0.6) is 0 Å². The van der Waals surface area contributed by atoms with Crippen molar-refractivity contribution in [2.24, 2.45) is 0 Å².